The van der Waals surface area contributed by atoms with Crippen LogP contribution in [0, 0.1) is 78.6 Å². The zero-order valence-corrected chi connectivity index (χ0v) is 71.4. The highest BCUT2D eigenvalue weighted by atomic mass is 32.2. The number of carbonyl (C=O) groups is 2. The van der Waals surface area contributed by atoms with Crippen LogP contribution in [0.3, 0.4) is 0 Å². The molecule has 0 aliphatic heterocycles. The van der Waals surface area contributed by atoms with Crippen LogP contribution in [0.25, 0.3) is 0 Å². The fraction of sp³-hybridized carbons (Fsp3) is 0.296. The smallest absolute Gasteiger partial charge is 0.406 e. The molecule has 0 saturated carbocycles. The lowest BCUT2D eigenvalue weighted by Gasteiger charge is -2.34. The standard InChI is InChI=1S/C11H10F6O.C11H10F6S.C9H9NO.C9H10O2.C9H10OS.C8H6F4O.C8H6F4S.C8H10O3S.C8H10O2S2/c2*1-9(10(12,13)14,11(15,16)17)7-3-5-8(18-2)6-4-7;1-7-4-3-5-9(11-2)8(7)6-10;2*1-7(10)8-3-5-9(11-2)6-4-8;2*1-3-4(9)6(11)8(13-2)7(12)5(3)10;2*1-11-7-3-5-8(6-4-7)12(2,9)10/h2*3-6H,1-2H3;3-5H,1-2H3;2*3-6H,1-2H3;2*1-2H3;2*3-6H,1-2H3. The Kier molecular flexibility index (Phi) is 43.1. The minimum absolute atomic E-state index is 0.0765. The van der Waals surface area contributed by atoms with E-state index in [1.165, 1.54) is 73.9 Å². The van der Waals surface area contributed by atoms with Gasteiger partial charge in [-0.2, -0.15) is 66.7 Å². The summed E-state index contributed by atoms with van der Waals surface area (Å²) < 4.78 is 323. The van der Waals surface area contributed by atoms with Gasteiger partial charge in [0.2, 0.25) is 11.6 Å². The van der Waals surface area contributed by atoms with Crippen molar-refractivity contribution in [3.63, 3.8) is 0 Å². The van der Waals surface area contributed by atoms with Gasteiger partial charge in [0.05, 0.1) is 55.8 Å². The SMILES string of the molecule is COc1c(F)c(F)c(C)c(F)c1F.COc1ccc(C(C)(C(F)(F)F)C(F)(F)F)cc1.COc1ccc(C(C)=O)cc1.COc1ccc(S(C)(=O)=O)cc1.COc1cccc(C)c1C#N.CSc1c(F)c(F)c(C)c(F)c1F.CSc1ccc(C(C)(C(F)(F)F)C(F)(F)F)cc1.CSc1ccc(C(C)=O)cc1.CSc1ccc(S(C)(=O)=O)cc1. The molecule has 9 aromatic carbocycles. The monoisotopic (exact) mass is 1820 g/mol. The van der Waals surface area contributed by atoms with Gasteiger partial charge in [-0.15, -0.1) is 47.0 Å². The van der Waals surface area contributed by atoms with E-state index in [0.29, 0.717) is 49.1 Å². The van der Waals surface area contributed by atoms with Gasteiger partial charge in [-0.1, -0.05) is 48.5 Å². The summed E-state index contributed by atoms with van der Waals surface area (Å²) in [5.41, 5.74) is -7.69. The first-order chi connectivity index (χ1) is 54.9. The van der Waals surface area contributed by atoms with Crippen LogP contribution in [0.4, 0.5) is 87.8 Å². The van der Waals surface area contributed by atoms with Crippen LogP contribution in [0.5, 0.6) is 28.7 Å². The molecule has 0 bridgehead atoms. The lowest BCUT2D eigenvalue weighted by molar-refractivity contribution is -0.298. The molecule has 0 aromatic heterocycles. The molecule has 38 heteroatoms. The van der Waals surface area contributed by atoms with E-state index >= 15 is 0 Å². The maximum atomic E-state index is 12.9. The number of methoxy groups -OCH3 is 5. The van der Waals surface area contributed by atoms with Crippen LogP contribution in [0.1, 0.15) is 81.8 Å². The van der Waals surface area contributed by atoms with E-state index in [2.05, 4.69) is 10.8 Å². The zero-order chi connectivity index (χ0) is 91.9. The molecule has 9 rings (SSSR count). The third-order valence-corrected chi connectivity index (χ3v) is 21.7. The van der Waals surface area contributed by atoms with Crippen LogP contribution in [0.15, 0.2) is 193 Å². The Hall–Kier alpha value is -9.29. The van der Waals surface area contributed by atoms with Crippen molar-refractivity contribution in [2.45, 2.75) is 113 Å². The van der Waals surface area contributed by atoms with Gasteiger partial charge >= 0.3 is 24.7 Å². The highest BCUT2D eigenvalue weighted by Gasteiger charge is 2.69. The number of halogens is 20. The molecule has 119 heavy (non-hydrogen) atoms. The fourth-order valence-electron chi connectivity index (χ4n) is 8.88. The second-order valence-electron chi connectivity index (χ2n) is 24.3. The Labute approximate surface area is 693 Å². The van der Waals surface area contributed by atoms with Gasteiger partial charge in [-0.3, -0.25) is 9.59 Å². The van der Waals surface area contributed by atoms with E-state index < -0.39 is 135 Å². The lowest BCUT2D eigenvalue weighted by Crippen LogP contribution is -2.51. The number of sulfone groups is 2. The van der Waals surface area contributed by atoms with Gasteiger partial charge in [-0.05, 0) is 205 Å². The lowest BCUT2D eigenvalue weighted by atomic mass is 9.81. The number of rotatable bonds is 15. The third-order valence-electron chi connectivity index (χ3n) is 16.4. The van der Waals surface area contributed by atoms with Crippen molar-refractivity contribution in [3.05, 3.63) is 255 Å². The van der Waals surface area contributed by atoms with Gasteiger partial charge in [0.25, 0.3) is 0 Å². The molecule has 12 nitrogen and oxygen atoms in total. The number of benzene rings is 9. The van der Waals surface area contributed by atoms with E-state index in [4.69, 9.17) is 24.2 Å². The van der Waals surface area contributed by atoms with Gasteiger partial charge in [-0.25, -0.2) is 43.2 Å². The minimum Gasteiger partial charge on any atom is -0.497 e. The first kappa shape index (κ1) is 108. The van der Waals surface area contributed by atoms with Crippen molar-refractivity contribution in [2.75, 3.05) is 73.1 Å². The molecular formula is C81H81F20NO11S6. The van der Waals surface area contributed by atoms with E-state index in [-0.39, 0.29) is 31.2 Å². The predicted molar refractivity (Wildman–Crippen MR) is 422 cm³/mol. The fourth-order valence-corrected chi connectivity index (χ4v) is 11.9. The molecule has 0 aliphatic rings. The summed E-state index contributed by atoms with van der Waals surface area (Å²) in [6.07, 6.45) is -12.3. The van der Waals surface area contributed by atoms with Crippen LogP contribution in [0.2, 0.25) is 0 Å². The van der Waals surface area contributed by atoms with E-state index in [0.717, 1.165) is 79.1 Å². The summed E-state index contributed by atoms with van der Waals surface area (Å²) in [5.74, 6) is -9.80. The molecule has 0 spiro atoms. The number of hydrogen-bond donors (Lipinski definition) is 0. The summed E-state index contributed by atoms with van der Waals surface area (Å²) >= 11 is 5.14. The Morgan fingerprint density at radius 1 is 0.370 bits per heavy atom. The Bertz CT molecular complexity index is 4660. The minimum atomic E-state index is -5.43. The number of aryl methyl sites for hydroxylation is 1. The van der Waals surface area contributed by atoms with E-state index in [1.54, 1.807) is 125 Å². The Balaban J connectivity index is 0.000000673. The first-order valence-electron chi connectivity index (χ1n) is 33.2. The van der Waals surface area contributed by atoms with Gasteiger partial charge < -0.3 is 23.7 Å². The molecule has 0 heterocycles. The number of alkyl halides is 12. The van der Waals surface area contributed by atoms with Crippen LogP contribution in [-0.2, 0) is 30.5 Å². The van der Waals surface area contributed by atoms with Crippen molar-refractivity contribution in [3.8, 4) is 34.8 Å². The summed E-state index contributed by atoms with van der Waals surface area (Å²) in [6.45, 7) is 7.21. The van der Waals surface area contributed by atoms with Gasteiger partial charge in [0.1, 0.15) is 29.1 Å². The topological polar surface area (TPSA) is 172 Å². The van der Waals surface area contributed by atoms with Crippen molar-refractivity contribution in [2.24, 2.45) is 0 Å². The molecule has 0 atom stereocenters. The molecule has 652 valence electrons. The number of nitriles is 1. The third kappa shape index (κ3) is 30.7. The van der Waals surface area contributed by atoms with E-state index in [1.807, 2.05) is 55.8 Å². The highest BCUT2D eigenvalue weighted by Crippen LogP contribution is 2.53. The Morgan fingerprint density at radius 3 is 0.891 bits per heavy atom. The average Bonchev–Trinajstić information content (AvgIpc) is 0.750. The second-order valence-corrected chi connectivity index (χ2v) is 31.7. The summed E-state index contributed by atoms with van der Waals surface area (Å²) in [7, 11) is 0.774. The zero-order valence-electron chi connectivity index (χ0n) is 66.5. The van der Waals surface area contributed by atoms with Gasteiger partial charge in [0, 0.05) is 49.5 Å². The largest absolute Gasteiger partial charge is 0.497 e. The van der Waals surface area contributed by atoms with Crippen molar-refractivity contribution < 1.29 is 138 Å². The normalized spacial score (nSPS) is 11.3. The number of Topliss-reactive ketones (excluding diaryl/α,β-unsaturated/α-hetero) is 2. The quantitative estimate of drug-likeness (QED) is 0.0410. The summed E-state index contributed by atoms with van der Waals surface area (Å²) in [4.78, 5) is 24.6. The molecule has 0 unspecified atom stereocenters. The number of carbonyl (C=O) groups excluding carboxylic acids is 2. The molecule has 0 N–H and O–H groups in total. The predicted octanol–water partition coefficient (Wildman–Crippen LogP) is 24.0. The number of ether oxygens (including phenoxy) is 5. The maximum absolute atomic E-state index is 12.9. The molecular weight excluding hydrogens is 1740 g/mol. The number of nitrogens with zero attached hydrogens (tertiary/aromatic N) is 1. The molecule has 0 saturated heterocycles. The van der Waals surface area contributed by atoms with Crippen molar-refractivity contribution in [1.29, 1.82) is 5.26 Å². The summed E-state index contributed by atoms with van der Waals surface area (Å²) in [6, 6.07) is 43.3. The number of ketones is 2. The molecule has 9 aromatic rings. The molecule has 0 amide bonds. The van der Waals surface area contributed by atoms with Crippen molar-refractivity contribution >= 4 is 78.3 Å². The van der Waals surface area contributed by atoms with Crippen LogP contribution in [-0.4, -0.2) is 126 Å². The van der Waals surface area contributed by atoms with Crippen LogP contribution >= 0.6 is 47.0 Å². The molecule has 0 aliphatic carbocycles. The summed E-state index contributed by atoms with van der Waals surface area (Å²) in [5, 5.41) is 8.70. The molecule has 0 fully saturated rings. The number of thioether (sulfide) groups is 4. The molecule has 0 radical (unpaired) electrons. The Morgan fingerprint density at radius 2 is 0.639 bits per heavy atom. The second kappa shape index (κ2) is 47.6. The van der Waals surface area contributed by atoms with Crippen LogP contribution < -0.4 is 23.7 Å². The van der Waals surface area contributed by atoms with Crippen molar-refractivity contribution in [1.82, 2.24) is 0 Å². The number of hydrogen-bond acceptors (Lipinski definition) is 16. The highest BCUT2D eigenvalue weighted by molar-refractivity contribution is 7.99. The van der Waals surface area contributed by atoms with Gasteiger partial charge in [0.15, 0.2) is 82.7 Å². The van der Waals surface area contributed by atoms with E-state index in [9.17, 15) is 114 Å². The first-order valence-corrected chi connectivity index (χ1v) is 41.9. The average molecular weight is 1820 g/mol. The maximum Gasteiger partial charge on any atom is 0.406 e.